The second kappa shape index (κ2) is 7.17. The molecule has 1 heterocycles. The van der Waals surface area contributed by atoms with Gasteiger partial charge in [0.1, 0.15) is 10.7 Å². The third kappa shape index (κ3) is 4.15. The van der Waals surface area contributed by atoms with Crippen molar-refractivity contribution in [3.05, 3.63) is 4.88 Å². The number of hydrogen-bond donors (Lipinski definition) is 3. The van der Waals surface area contributed by atoms with Gasteiger partial charge in [0, 0.05) is 19.7 Å². The first-order valence-electron chi connectivity index (χ1n) is 5.98. The fraction of sp³-hybridized carbons (Fsp3) is 0.636. The highest BCUT2D eigenvalue weighted by atomic mass is 32.1. The van der Waals surface area contributed by atoms with Gasteiger partial charge in [-0.3, -0.25) is 4.79 Å². The molecule has 18 heavy (non-hydrogen) atoms. The molecule has 0 aliphatic heterocycles. The van der Waals surface area contributed by atoms with Gasteiger partial charge >= 0.3 is 0 Å². The Morgan fingerprint density at radius 2 is 2.28 bits per heavy atom. The van der Waals surface area contributed by atoms with Crippen molar-refractivity contribution in [3.8, 4) is 0 Å². The minimum absolute atomic E-state index is 0.0127. The number of nitrogens with two attached hydrogens (primary N) is 1. The van der Waals surface area contributed by atoms with Gasteiger partial charge in [0.2, 0.25) is 0 Å². The van der Waals surface area contributed by atoms with Crippen molar-refractivity contribution >= 4 is 28.2 Å². The van der Waals surface area contributed by atoms with E-state index < -0.39 is 0 Å². The first kappa shape index (κ1) is 14.7. The highest BCUT2D eigenvalue weighted by Gasteiger charge is 2.16. The summed E-state index contributed by atoms with van der Waals surface area (Å²) in [5, 5.41) is 6.47. The van der Waals surface area contributed by atoms with E-state index in [4.69, 9.17) is 10.5 Å². The Labute approximate surface area is 111 Å². The number of aromatic nitrogens is 1. The highest BCUT2D eigenvalue weighted by molar-refractivity contribution is 7.18. The molecule has 1 unspecified atom stereocenters. The van der Waals surface area contributed by atoms with Crippen molar-refractivity contribution < 1.29 is 9.53 Å². The molecule has 0 radical (unpaired) electrons. The van der Waals surface area contributed by atoms with Crippen LogP contribution in [0.15, 0.2) is 0 Å². The predicted molar refractivity (Wildman–Crippen MR) is 74.1 cm³/mol. The number of anilines is 2. The molecule has 7 heteroatoms. The molecule has 4 N–H and O–H groups in total. The number of hydrogen-bond acceptors (Lipinski definition) is 6. The third-order valence-corrected chi connectivity index (χ3v) is 3.22. The lowest BCUT2D eigenvalue weighted by molar-refractivity contribution is 0.0697. The SMILES string of the molecule is CCNc1nc(N)c(C(=O)NCC(C)OCC)s1. The highest BCUT2D eigenvalue weighted by Crippen LogP contribution is 2.24. The molecule has 1 aromatic heterocycles. The van der Waals surface area contributed by atoms with E-state index >= 15 is 0 Å². The zero-order valence-corrected chi connectivity index (χ0v) is 11.8. The van der Waals surface area contributed by atoms with E-state index in [1.807, 2.05) is 20.8 Å². The maximum atomic E-state index is 11.9. The van der Waals surface area contributed by atoms with Gasteiger partial charge < -0.3 is 21.1 Å². The van der Waals surface area contributed by atoms with Gasteiger partial charge in [-0.05, 0) is 20.8 Å². The number of rotatable bonds is 7. The van der Waals surface area contributed by atoms with Crippen LogP contribution in [0.1, 0.15) is 30.4 Å². The molecule has 1 atom stereocenters. The minimum atomic E-state index is -0.208. The summed E-state index contributed by atoms with van der Waals surface area (Å²) in [6.07, 6.45) is -0.0127. The summed E-state index contributed by atoms with van der Waals surface area (Å²) in [6, 6.07) is 0. The Morgan fingerprint density at radius 1 is 1.56 bits per heavy atom. The second-order valence-corrected chi connectivity index (χ2v) is 4.74. The molecule has 1 rings (SSSR count). The number of thiazole rings is 1. The van der Waals surface area contributed by atoms with Crippen LogP contribution in [0.5, 0.6) is 0 Å². The summed E-state index contributed by atoms with van der Waals surface area (Å²) in [5.74, 6) is 0.0539. The van der Waals surface area contributed by atoms with Crippen LogP contribution in [0.4, 0.5) is 10.9 Å². The number of nitrogen functional groups attached to an aromatic ring is 1. The molecule has 1 amide bonds. The van der Waals surface area contributed by atoms with Crippen molar-refractivity contribution in [1.82, 2.24) is 10.3 Å². The molecular formula is C11H20N4O2S. The van der Waals surface area contributed by atoms with Crippen LogP contribution in [0.25, 0.3) is 0 Å². The summed E-state index contributed by atoms with van der Waals surface area (Å²) in [6.45, 7) is 7.62. The van der Waals surface area contributed by atoms with Crippen LogP contribution < -0.4 is 16.4 Å². The third-order valence-electron chi connectivity index (χ3n) is 2.19. The van der Waals surface area contributed by atoms with E-state index in [0.29, 0.717) is 23.2 Å². The van der Waals surface area contributed by atoms with Crippen LogP contribution in [0.2, 0.25) is 0 Å². The van der Waals surface area contributed by atoms with Gasteiger partial charge in [-0.1, -0.05) is 11.3 Å². The zero-order chi connectivity index (χ0) is 13.5. The standard InChI is InChI=1S/C11H20N4O2S/c1-4-13-11-15-9(12)8(18-11)10(16)14-6-7(3)17-5-2/h7H,4-6,12H2,1-3H3,(H,13,15)(H,14,16). The molecule has 0 saturated heterocycles. The first-order valence-corrected chi connectivity index (χ1v) is 6.80. The fourth-order valence-corrected chi connectivity index (χ4v) is 2.25. The Balaban J connectivity index is 2.55. The molecule has 0 aliphatic carbocycles. The lowest BCUT2D eigenvalue weighted by Crippen LogP contribution is -2.32. The number of nitrogens with one attached hydrogen (secondary N) is 2. The normalized spacial score (nSPS) is 12.2. The Morgan fingerprint density at radius 3 is 2.89 bits per heavy atom. The zero-order valence-electron chi connectivity index (χ0n) is 10.9. The van der Waals surface area contributed by atoms with Crippen molar-refractivity contribution in [1.29, 1.82) is 0 Å². The van der Waals surface area contributed by atoms with Gasteiger partial charge in [0.25, 0.3) is 5.91 Å². The van der Waals surface area contributed by atoms with Gasteiger partial charge in [0.15, 0.2) is 5.13 Å². The number of carbonyl (C=O) groups excluding carboxylic acids is 1. The van der Waals surface area contributed by atoms with E-state index in [2.05, 4.69) is 15.6 Å². The lowest BCUT2D eigenvalue weighted by Gasteiger charge is -2.11. The molecule has 0 bridgehead atoms. The Kier molecular flexibility index (Phi) is 5.87. The monoisotopic (exact) mass is 272 g/mol. The predicted octanol–water partition coefficient (Wildman–Crippen LogP) is 1.31. The average molecular weight is 272 g/mol. The fourth-order valence-electron chi connectivity index (χ4n) is 1.38. The van der Waals surface area contributed by atoms with E-state index in [-0.39, 0.29) is 17.8 Å². The largest absolute Gasteiger partial charge is 0.382 e. The van der Waals surface area contributed by atoms with Crippen LogP contribution in [-0.4, -0.2) is 36.7 Å². The van der Waals surface area contributed by atoms with Crippen LogP contribution in [-0.2, 0) is 4.74 Å². The second-order valence-electron chi connectivity index (χ2n) is 3.74. The molecule has 0 aliphatic rings. The maximum Gasteiger partial charge on any atom is 0.265 e. The minimum Gasteiger partial charge on any atom is -0.382 e. The summed E-state index contributed by atoms with van der Waals surface area (Å²) >= 11 is 1.26. The van der Waals surface area contributed by atoms with Crippen LogP contribution >= 0.6 is 11.3 Å². The molecular weight excluding hydrogens is 252 g/mol. The Hall–Kier alpha value is -1.34. The number of amides is 1. The molecule has 102 valence electrons. The smallest absolute Gasteiger partial charge is 0.265 e. The summed E-state index contributed by atoms with van der Waals surface area (Å²) in [4.78, 5) is 16.4. The van der Waals surface area contributed by atoms with E-state index in [1.54, 1.807) is 0 Å². The van der Waals surface area contributed by atoms with Crippen molar-refractivity contribution in [2.75, 3.05) is 30.7 Å². The van der Waals surface area contributed by atoms with Gasteiger partial charge in [-0.15, -0.1) is 0 Å². The molecule has 1 aromatic rings. The number of ether oxygens (including phenoxy) is 1. The molecule has 0 aromatic carbocycles. The summed E-state index contributed by atoms with van der Waals surface area (Å²) in [7, 11) is 0. The van der Waals surface area contributed by atoms with E-state index in [1.165, 1.54) is 11.3 Å². The van der Waals surface area contributed by atoms with Crippen molar-refractivity contribution in [2.45, 2.75) is 26.9 Å². The van der Waals surface area contributed by atoms with Crippen molar-refractivity contribution in [3.63, 3.8) is 0 Å². The molecule has 0 fully saturated rings. The molecule has 0 saturated carbocycles. The van der Waals surface area contributed by atoms with Crippen LogP contribution in [0, 0.1) is 0 Å². The number of nitrogens with zero attached hydrogens (tertiary/aromatic N) is 1. The topological polar surface area (TPSA) is 89.3 Å². The quantitative estimate of drug-likeness (QED) is 0.696. The van der Waals surface area contributed by atoms with Crippen LogP contribution in [0.3, 0.4) is 0 Å². The van der Waals surface area contributed by atoms with Gasteiger partial charge in [-0.25, -0.2) is 4.98 Å². The maximum absolute atomic E-state index is 11.9. The van der Waals surface area contributed by atoms with E-state index in [0.717, 1.165) is 6.54 Å². The van der Waals surface area contributed by atoms with Gasteiger partial charge in [0.05, 0.1) is 6.10 Å². The summed E-state index contributed by atoms with van der Waals surface area (Å²) < 4.78 is 5.33. The Bertz CT molecular complexity index is 394. The lowest BCUT2D eigenvalue weighted by atomic mass is 10.4. The first-order chi connectivity index (χ1) is 8.58. The van der Waals surface area contributed by atoms with Gasteiger partial charge in [-0.2, -0.15) is 0 Å². The average Bonchev–Trinajstić information content (AvgIpc) is 2.68. The molecule has 6 nitrogen and oxygen atoms in total. The number of carbonyl (C=O) groups is 1. The van der Waals surface area contributed by atoms with Crippen molar-refractivity contribution in [2.24, 2.45) is 0 Å². The van der Waals surface area contributed by atoms with E-state index in [9.17, 15) is 4.79 Å². The molecule has 0 spiro atoms. The summed E-state index contributed by atoms with van der Waals surface area (Å²) in [5.41, 5.74) is 5.70.